The molecular formula is C25H26N8OS. The van der Waals surface area contributed by atoms with Crippen molar-refractivity contribution in [1.82, 2.24) is 34.6 Å². The zero-order valence-electron chi connectivity index (χ0n) is 19.7. The van der Waals surface area contributed by atoms with E-state index in [0.29, 0.717) is 43.1 Å². The standard InChI is InChI=1S/C25H26N8OS/c1-18-6-7-21(19(2)15-18)33-23(20-5-3-8-26-16-20)29-30-25(33)35-17-22(34)31-11-13-32(14-12-31)24-27-9-4-10-28-24/h3-10,15-16H,11-14,17H2,1-2H3. The number of aromatic nitrogens is 6. The fourth-order valence-electron chi connectivity index (χ4n) is 4.15. The molecule has 35 heavy (non-hydrogen) atoms. The summed E-state index contributed by atoms with van der Waals surface area (Å²) in [5.41, 5.74) is 4.16. The van der Waals surface area contributed by atoms with Gasteiger partial charge in [-0.25, -0.2) is 9.97 Å². The van der Waals surface area contributed by atoms with Crippen LogP contribution in [0.5, 0.6) is 0 Å². The van der Waals surface area contributed by atoms with E-state index < -0.39 is 0 Å². The van der Waals surface area contributed by atoms with E-state index in [1.807, 2.05) is 21.6 Å². The van der Waals surface area contributed by atoms with Crippen LogP contribution in [-0.4, -0.2) is 72.5 Å². The molecule has 3 aromatic heterocycles. The van der Waals surface area contributed by atoms with Crippen molar-refractivity contribution in [3.8, 4) is 17.1 Å². The minimum Gasteiger partial charge on any atom is -0.338 e. The van der Waals surface area contributed by atoms with Gasteiger partial charge in [-0.15, -0.1) is 10.2 Å². The zero-order valence-corrected chi connectivity index (χ0v) is 20.5. The van der Waals surface area contributed by atoms with Crippen LogP contribution >= 0.6 is 11.8 Å². The van der Waals surface area contributed by atoms with Crippen molar-refractivity contribution < 1.29 is 4.79 Å². The molecule has 9 nitrogen and oxygen atoms in total. The highest BCUT2D eigenvalue weighted by Crippen LogP contribution is 2.29. The lowest BCUT2D eigenvalue weighted by atomic mass is 10.1. The molecule has 0 atom stereocenters. The van der Waals surface area contributed by atoms with E-state index >= 15 is 0 Å². The molecule has 0 bridgehead atoms. The minimum absolute atomic E-state index is 0.0849. The number of thioether (sulfide) groups is 1. The van der Waals surface area contributed by atoms with Crippen LogP contribution in [0, 0.1) is 13.8 Å². The zero-order chi connectivity index (χ0) is 24.2. The highest BCUT2D eigenvalue weighted by molar-refractivity contribution is 7.99. The predicted molar refractivity (Wildman–Crippen MR) is 136 cm³/mol. The third-order valence-corrected chi connectivity index (χ3v) is 6.85. The van der Waals surface area contributed by atoms with Gasteiger partial charge in [-0.1, -0.05) is 29.5 Å². The largest absolute Gasteiger partial charge is 0.338 e. The Balaban J connectivity index is 1.32. The quantitative estimate of drug-likeness (QED) is 0.384. The second-order valence-electron chi connectivity index (χ2n) is 8.38. The lowest BCUT2D eigenvalue weighted by Gasteiger charge is -2.34. The summed E-state index contributed by atoms with van der Waals surface area (Å²) in [6, 6.07) is 11.9. The van der Waals surface area contributed by atoms with Gasteiger partial charge in [0, 0.05) is 56.5 Å². The molecule has 4 heterocycles. The van der Waals surface area contributed by atoms with Gasteiger partial charge in [0.05, 0.1) is 11.4 Å². The maximum absolute atomic E-state index is 13.0. The molecule has 0 spiro atoms. The fourth-order valence-corrected chi connectivity index (χ4v) is 4.99. The van der Waals surface area contributed by atoms with E-state index in [1.54, 1.807) is 30.9 Å². The van der Waals surface area contributed by atoms with Crippen molar-refractivity contribution in [2.24, 2.45) is 0 Å². The number of hydrogen-bond acceptors (Lipinski definition) is 8. The van der Waals surface area contributed by atoms with Gasteiger partial charge < -0.3 is 9.80 Å². The fraction of sp³-hybridized carbons (Fsp3) is 0.280. The van der Waals surface area contributed by atoms with Crippen LogP contribution in [-0.2, 0) is 4.79 Å². The molecule has 1 aliphatic rings. The number of anilines is 1. The molecule has 178 valence electrons. The van der Waals surface area contributed by atoms with Gasteiger partial charge in [0.15, 0.2) is 11.0 Å². The van der Waals surface area contributed by atoms with Crippen molar-refractivity contribution >= 4 is 23.6 Å². The molecule has 4 aromatic rings. The predicted octanol–water partition coefficient (Wildman–Crippen LogP) is 3.18. The minimum atomic E-state index is 0.0849. The molecule has 5 rings (SSSR count). The van der Waals surface area contributed by atoms with Crippen LogP contribution in [0.3, 0.4) is 0 Å². The highest BCUT2D eigenvalue weighted by atomic mass is 32.2. The number of carbonyl (C=O) groups excluding carboxylic acids is 1. The number of piperazine rings is 1. The monoisotopic (exact) mass is 486 g/mol. The number of amides is 1. The molecule has 1 saturated heterocycles. The smallest absolute Gasteiger partial charge is 0.233 e. The molecule has 0 N–H and O–H groups in total. The molecular weight excluding hydrogens is 460 g/mol. The average Bonchev–Trinajstić information content (AvgIpc) is 3.32. The number of pyridine rings is 1. The van der Waals surface area contributed by atoms with Crippen molar-refractivity contribution in [1.29, 1.82) is 0 Å². The van der Waals surface area contributed by atoms with Crippen molar-refractivity contribution in [3.05, 3.63) is 72.3 Å². The summed E-state index contributed by atoms with van der Waals surface area (Å²) in [6.45, 7) is 6.85. The Bertz CT molecular complexity index is 1300. The van der Waals surface area contributed by atoms with E-state index in [-0.39, 0.29) is 11.7 Å². The van der Waals surface area contributed by atoms with Crippen LogP contribution in [0.4, 0.5) is 5.95 Å². The first-order valence-electron chi connectivity index (χ1n) is 11.5. The Kier molecular flexibility index (Phi) is 6.71. The van der Waals surface area contributed by atoms with Crippen LogP contribution in [0.1, 0.15) is 11.1 Å². The summed E-state index contributed by atoms with van der Waals surface area (Å²) in [4.78, 5) is 29.9. The summed E-state index contributed by atoms with van der Waals surface area (Å²) in [7, 11) is 0. The van der Waals surface area contributed by atoms with E-state index in [9.17, 15) is 4.79 Å². The summed E-state index contributed by atoms with van der Waals surface area (Å²) < 4.78 is 2.02. The molecule has 1 fully saturated rings. The van der Waals surface area contributed by atoms with Crippen molar-refractivity contribution in [2.45, 2.75) is 19.0 Å². The number of nitrogens with zero attached hydrogens (tertiary/aromatic N) is 8. The van der Waals surface area contributed by atoms with Crippen LogP contribution in [0.15, 0.2) is 66.3 Å². The van der Waals surface area contributed by atoms with Gasteiger partial charge in [-0.2, -0.15) is 0 Å². The molecule has 1 aromatic carbocycles. The lowest BCUT2D eigenvalue weighted by Crippen LogP contribution is -2.49. The molecule has 0 saturated carbocycles. The average molecular weight is 487 g/mol. The number of hydrogen-bond donors (Lipinski definition) is 0. The van der Waals surface area contributed by atoms with Gasteiger partial charge >= 0.3 is 0 Å². The van der Waals surface area contributed by atoms with Crippen LogP contribution < -0.4 is 4.90 Å². The third kappa shape index (κ3) is 5.02. The number of carbonyl (C=O) groups is 1. The second kappa shape index (κ2) is 10.2. The van der Waals surface area contributed by atoms with Gasteiger partial charge in [-0.05, 0) is 43.7 Å². The number of benzene rings is 1. The van der Waals surface area contributed by atoms with Crippen molar-refractivity contribution in [2.75, 3.05) is 36.8 Å². The van der Waals surface area contributed by atoms with Crippen LogP contribution in [0.25, 0.3) is 17.1 Å². The summed E-state index contributed by atoms with van der Waals surface area (Å²) in [5.74, 6) is 1.79. The number of rotatable bonds is 6. The first-order chi connectivity index (χ1) is 17.1. The third-order valence-electron chi connectivity index (χ3n) is 5.94. The Morgan fingerprint density at radius 2 is 1.77 bits per heavy atom. The van der Waals surface area contributed by atoms with Gasteiger partial charge in [-0.3, -0.25) is 14.3 Å². The maximum atomic E-state index is 13.0. The Morgan fingerprint density at radius 3 is 2.49 bits per heavy atom. The van der Waals surface area contributed by atoms with E-state index in [0.717, 1.165) is 16.8 Å². The SMILES string of the molecule is Cc1ccc(-n2c(SCC(=O)N3CCN(c4ncccn4)CC3)nnc2-c2cccnc2)c(C)c1. The normalized spacial score (nSPS) is 13.8. The molecule has 1 amide bonds. The molecule has 1 aliphatic heterocycles. The summed E-state index contributed by atoms with van der Waals surface area (Å²) >= 11 is 1.41. The first kappa shape index (κ1) is 23.0. The topological polar surface area (TPSA) is 92.9 Å². The Labute approximate surface area is 208 Å². The second-order valence-corrected chi connectivity index (χ2v) is 9.32. The maximum Gasteiger partial charge on any atom is 0.233 e. The van der Waals surface area contributed by atoms with Gasteiger partial charge in [0.1, 0.15) is 0 Å². The van der Waals surface area contributed by atoms with Crippen LogP contribution in [0.2, 0.25) is 0 Å². The van der Waals surface area contributed by atoms with E-state index in [4.69, 9.17) is 0 Å². The first-order valence-corrected chi connectivity index (χ1v) is 12.4. The Hall–Kier alpha value is -3.79. The molecule has 10 heteroatoms. The highest BCUT2D eigenvalue weighted by Gasteiger charge is 2.24. The van der Waals surface area contributed by atoms with Crippen molar-refractivity contribution in [3.63, 3.8) is 0 Å². The summed E-state index contributed by atoms with van der Waals surface area (Å²) in [6.07, 6.45) is 6.99. The molecule has 0 radical (unpaired) electrons. The van der Waals surface area contributed by atoms with Gasteiger partial charge in [0.25, 0.3) is 0 Å². The van der Waals surface area contributed by atoms with E-state index in [2.05, 4.69) is 62.1 Å². The molecule has 0 aliphatic carbocycles. The summed E-state index contributed by atoms with van der Waals surface area (Å²) in [5, 5.41) is 9.60. The van der Waals surface area contributed by atoms with Gasteiger partial charge in [0.2, 0.25) is 11.9 Å². The number of aryl methyl sites for hydroxylation is 2. The van der Waals surface area contributed by atoms with E-state index in [1.165, 1.54) is 17.3 Å². The Morgan fingerprint density at radius 1 is 0.971 bits per heavy atom. The molecule has 0 unspecified atom stereocenters. The lowest BCUT2D eigenvalue weighted by molar-refractivity contribution is -0.128.